The van der Waals surface area contributed by atoms with Crippen molar-refractivity contribution in [1.29, 1.82) is 0 Å². The number of carbonyl (C=O) groups is 1. The van der Waals surface area contributed by atoms with Gasteiger partial charge in [-0.15, -0.1) is 0 Å². The number of likely N-dealkylation sites (tertiary alicyclic amines) is 1. The maximum atomic E-state index is 13.2. The van der Waals surface area contributed by atoms with Gasteiger partial charge in [0.05, 0.1) is 11.5 Å². The van der Waals surface area contributed by atoms with E-state index < -0.39 is 5.41 Å². The van der Waals surface area contributed by atoms with E-state index in [0.717, 1.165) is 24.1 Å². The SMILES string of the molecule is Cc1ccc(C(C)(C)C(=O)N2CCCC2c2ccnc(=O)[nH]2)cc1. The fourth-order valence-corrected chi connectivity index (χ4v) is 3.36. The van der Waals surface area contributed by atoms with Crippen molar-refractivity contribution in [2.75, 3.05) is 6.54 Å². The lowest BCUT2D eigenvalue weighted by atomic mass is 9.82. The van der Waals surface area contributed by atoms with Crippen molar-refractivity contribution in [2.24, 2.45) is 0 Å². The summed E-state index contributed by atoms with van der Waals surface area (Å²) < 4.78 is 0. The highest BCUT2D eigenvalue weighted by Crippen LogP contribution is 2.35. The summed E-state index contributed by atoms with van der Waals surface area (Å²) >= 11 is 0. The first-order chi connectivity index (χ1) is 11.4. The summed E-state index contributed by atoms with van der Waals surface area (Å²) in [4.78, 5) is 33.1. The van der Waals surface area contributed by atoms with Crippen molar-refractivity contribution in [1.82, 2.24) is 14.9 Å². The highest BCUT2D eigenvalue weighted by Gasteiger charge is 2.39. The molecule has 1 saturated heterocycles. The number of aromatic nitrogens is 2. The zero-order valence-corrected chi connectivity index (χ0v) is 14.4. The van der Waals surface area contributed by atoms with Gasteiger partial charge in [-0.25, -0.2) is 9.78 Å². The summed E-state index contributed by atoms with van der Waals surface area (Å²) in [5.41, 5.74) is 1.97. The van der Waals surface area contributed by atoms with Crippen molar-refractivity contribution in [3.05, 3.63) is 63.8 Å². The lowest BCUT2D eigenvalue weighted by Gasteiger charge is -2.33. The number of hydrogen-bond acceptors (Lipinski definition) is 3. The number of nitrogens with zero attached hydrogens (tertiary/aromatic N) is 2. The number of aromatic amines is 1. The quantitative estimate of drug-likeness (QED) is 0.943. The molecule has 3 rings (SSSR count). The fraction of sp³-hybridized carbons (Fsp3) is 0.421. The van der Waals surface area contributed by atoms with Crippen molar-refractivity contribution in [2.45, 2.75) is 45.1 Å². The zero-order chi connectivity index (χ0) is 17.3. The van der Waals surface area contributed by atoms with Gasteiger partial charge in [-0.3, -0.25) is 4.79 Å². The molecule has 24 heavy (non-hydrogen) atoms. The Balaban J connectivity index is 1.90. The van der Waals surface area contributed by atoms with Gasteiger partial charge in [0.2, 0.25) is 5.91 Å². The van der Waals surface area contributed by atoms with Crippen LogP contribution in [0.4, 0.5) is 0 Å². The molecule has 1 aliphatic rings. The molecule has 1 N–H and O–H groups in total. The first-order valence-electron chi connectivity index (χ1n) is 8.33. The number of H-pyrrole nitrogens is 1. The summed E-state index contributed by atoms with van der Waals surface area (Å²) in [7, 11) is 0. The van der Waals surface area contributed by atoms with E-state index in [1.807, 2.05) is 49.9 Å². The average Bonchev–Trinajstić information content (AvgIpc) is 3.04. The van der Waals surface area contributed by atoms with Crippen LogP contribution in [0.15, 0.2) is 41.3 Å². The summed E-state index contributed by atoms with van der Waals surface area (Å²) in [6.45, 7) is 6.67. The molecule has 1 unspecified atom stereocenters. The molecule has 1 aromatic carbocycles. The van der Waals surface area contributed by atoms with Gasteiger partial charge in [-0.2, -0.15) is 0 Å². The van der Waals surface area contributed by atoms with E-state index in [-0.39, 0.29) is 17.6 Å². The van der Waals surface area contributed by atoms with Crippen LogP contribution in [0, 0.1) is 6.92 Å². The summed E-state index contributed by atoms with van der Waals surface area (Å²) in [5, 5.41) is 0. The molecule has 0 spiro atoms. The highest BCUT2D eigenvalue weighted by atomic mass is 16.2. The maximum Gasteiger partial charge on any atom is 0.345 e. The molecule has 1 atom stereocenters. The topological polar surface area (TPSA) is 66.1 Å². The molecule has 2 aromatic rings. The Hall–Kier alpha value is -2.43. The lowest BCUT2D eigenvalue weighted by molar-refractivity contribution is -0.137. The molecule has 0 radical (unpaired) electrons. The summed E-state index contributed by atoms with van der Waals surface area (Å²) in [6, 6.07) is 9.81. The number of benzene rings is 1. The second-order valence-electron chi connectivity index (χ2n) is 6.98. The van der Waals surface area contributed by atoms with Crippen LogP contribution in [-0.2, 0) is 10.2 Å². The number of aryl methyl sites for hydroxylation is 1. The van der Waals surface area contributed by atoms with Gasteiger partial charge in [0.25, 0.3) is 0 Å². The number of nitrogens with one attached hydrogen (secondary N) is 1. The predicted molar refractivity (Wildman–Crippen MR) is 92.8 cm³/mol. The van der Waals surface area contributed by atoms with Gasteiger partial charge < -0.3 is 9.88 Å². The molecular weight excluding hydrogens is 302 g/mol. The summed E-state index contributed by atoms with van der Waals surface area (Å²) in [5.74, 6) is 0.0894. The molecule has 0 bridgehead atoms. The van der Waals surface area contributed by atoms with E-state index in [2.05, 4.69) is 9.97 Å². The Bertz CT molecular complexity index is 793. The van der Waals surface area contributed by atoms with Crippen LogP contribution in [-0.4, -0.2) is 27.3 Å². The van der Waals surface area contributed by atoms with Crippen LogP contribution in [0.3, 0.4) is 0 Å². The van der Waals surface area contributed by atoms with Crippen LogP contribution >= 0.6 is 0 Å². The number of amides is 1. The number of rotatable bonds is 3. The fourth-order valence-electron chi connectivity index (χ4n) is 3.36. The Morgan fingerprint density at radius 2 is 1.96 bits per heavy atom. The van der Waals surface area contributed by atoms with Crippen LogP contribution in [0.2, 0.25) is 0 Å². The van der Waals surface area contributed by atoms with Crippen LogP contribution in [0.5, 0.6) is 0 Å². The molecule has 1 amide bonds. The maximum absolute atomic E-state index is 13.2. The minimum atomic E-state index is -0.608. The molecular formula is C19H23N3O2. The summed E-state index contributed by atoms with van der Waals surface area (Å²) in [6.07, 6.45) is 3.29. The first kappa shape index (κ1) is 16.4. The molecule has 0 saturated carbocycles. The molecule has 2 heterocycles. The standard InChI is InChI=1S/C19H23N3O2/c1-13-6-8-14(9-7-13)19(2,3)17(23)22-12-4-5-16(22)15-10-11-20-18(24)21-15/h6-11,16H,4-5,12H2,1-3H3,(H,20,21,24). The van der Waals surface area contributed by atoms with Gasteiger partial charge >= 0.3 is 5.69 Å². The largest absolute Gasteiger partial charge is 0.345 e. The third-order valence-electron chi connectivity index (χ3n) is 4.88. The van der Waals surface area contributed by atoms with E-state index >= 15 is 0 Å². The minimum absolute atomic E-state index is 0.0853. The number of hydrogen-bond donors (Lipinski definition) is 1. The van der Waals surface area contributed by atoms with Crippen molar-refractivity contribution < 1.29 is 4.79 Å². The molecule has 1 aromatic heterocycles. The van der Waals surface area contributed by atoms with Crippen LogP contribution in [0.1, 0.15) is 49.6 Å². The Morgan fingerprint density at radius 1 is 1.25 bits per heavy atom. The second kappa shape index (κ2) is 6.23. The second-order valence-corrected chi connectivity index (χ2v) is 6.98. The monoisotopic (exact) mass is 325 g/mol. The molecule has 5 nitrogen and oxygen atoms in total. The van der Waals surface area contributed by atoms with E-state index in [9.17, 15) is 9.59 Å². The lowest BCUT2D eigenvalue weighted by Crippen LogP contribution is -2.43. The highest BCUT2D eigenvalue weighted by molar-refractivity contribution is 5.88. The van der Waals surface area contributed by atoms with Gasteiger partial charge in [0.15, 0.2) is 0 Å². The average molecular weight is 325 g/mol. The van der Waals surface area contributed by atoms with E-state index in [1.54, 1.807) is 6.07 Å². The third-order valence-corrected chi connectivity index (χ3v) is 4.88. The van der Waals surface area contributed by atoms with E-state index in [4.69, 9.17) is 0 Å². The van der Waals surface area contributed by atoms with Gasteiger partial charge in [0, 0.05) is 18.4 Å². The van der Waals surface area contributed by atoms with Gasteiger partial charge in [-0.1, -0.05) is 29.8 Å². The smallest absolute Gasteiger partial charge is 0.333 e. The Kier molecular flexibility index (Phi) is 4.26. The van der Waals surface area contributed by atoms with E-state index in [1.165, 1.54) is 11.8 Å². The third kappa shape index (κ3) is 2.98. The molecule has 5 heteroatoms. The zero-order valence-electron chi connectivity index (χ0n) is 14.4. The molecule has 1 fully saturated rings. The number of carbonyl (C=O) groups excluding carboxylic acids is 1. The van der Waals surface area contributed by atoms with E-state index in [0.29, 0.717) is 6.54 Å². The molecule has 126 valence electrons. The molecule has 0 aliphatic carbocycles. The normalized spacial score (nSPS) is 18.0. The first-order valence-corrected chi connectivity index (χ1v) is 8.33. The predicted octanol–water partition coefficient (Wildman–Crippen LogP) is 2.72. The van der Waals surface area contributed by atoms with Crippen molar-refractivity contribution >= 4 is 5.91 Å². The Morgan fingerprint density at radius 3 is 2.62 bits per heavy atom. The minimum Gasteiger partial charge on any atom is -0.333 e. The van der Waals surface area contributed by atoms with Crippen molar-refractivity contribution in [3.8, 4) is 0 Å². The molecule has 1 aliphatic heterocycles. The van der Waals surface area contributed by atoms with Crippen molar-refractivity contribution in [3.63, 3.8) is 0 Å². The van der Waals surface area contributed by atoms with Crippen LogP contribution in [0.25, 0.3) is 0 Å². The van der Waals surface area contributed by atoms with Gasteiger partial charge in [0.1, 0.15) is 0 Å². The van der Waals surface area contributed by atoms with Crippen LogP contribution < -0.4 is 5.69 Å². The van der Waals surface area contributed by atoms with Gasteiger partial charge in [-0.05, 0) is 45.2 Å². The Labute approximate surface area is 141 Å².